The third-order valence-corrected chi connectivity index (χ3v) is 14.6. The molecule has 2 aromatic carbocycles. The third kappa shape index (κ3) is 17.0. The summed E-state index contributed by atoms with van der Waals surface area (Å²) in [7, 11) is 3.61. The summed E-state index contributed by atoms with van der Waals surface area (Å²) in [6, 6.07) is 10.1. The van der Waals surface area contributed by atoms with Crippen LogP contribution in [0.1, 0.15) is 69.8 Å². The SMILES string of the molecule is COC(=O)N[C@H](C(=O)N[C@@H](Cc1ccc(C#Cc2ccc(N3CC(C)CC(CN(C)c4ccccn4)C3)nc2)cc1)[C@@H](O)CN(Cc1c(F)cc(-c2cnn(C(F)F)c2)cc1F)NC(=O)[C@@H](NC(=O)OC)C(C)(C)C(F)(F)F)C(C)(C)C(F)(F)F. The van der Waals surface area contributed by atoms with E-state index in [0.29, 0.717) is 67.8 Å². The van der Waals surface area contributed by atoms with Gasteiger partial charge in [-0.05, 0) is 112 Å². The van der Waals surface area contributed by atoms with Crippen LogP contribution in [-0.4, -0.2) is 138 Å². The molecule has 1 aliphatic rings. The molecule has 0 bridgehead atoms. The van der Waals surface area contributed by atoms with Crippen molar-refractivity contribution in [3.63, 3.8) is 0 Å². The van der Waals surface area contributed by atoms with E-state index in [0.717, 1.165) is 64.3 Å². The van der Waals surface area contributed by atoms with Crippen molar-refractivity contribution in [2.75, 3.05) is 57.2 Å². The minimum Gasteiger partial charge on any atom is -0.453 e. The molecule has 28 heteroatoms. The highest BCUT2D eigenvalue weighted by atomic mass is 19.4. The van der Waals surface area contributed by atoms with Crippen molar-refractivity contribution >= 4 is 35.6 Å². The van der Waals surface area contributed by atoms with Gasteiger partial charge in [-0.2, -0.15) is 40.2 Å². The van der Waals surface area contributed by atoms with Gasteiger partial charge in [-0.15, -0.1) is 0 Å². The van der Waals surface area contributed by atoms with Crippen LogP contribution in [0.3, 0.4) is 0 Å². The molecule has 2 unspecified atom stereocenters. The lowest BCUT2D eigenvalue weighted by Gasteiger charge is -2.38. The van der Waals surface area contributed by atoms with Gasteiger partial charge in [-0.25, -0.2) is 38.0 Å². The number of hydrogen-bond donors (Lipinski definition) is 5. The molecule has 5 aromatic rings. The van der Waals surface area contributed by atoms with Gasteiger partial charge in [0.05, 0.1) is 43.4 Å². The highest BCUT2D eigenvalue weighted by Crippen LogP contribution is 2.42. The number of carbonyl (C=O) groups excluding carboxylic acids is 4. The number of alkyl carbamates (subject to hydrolysis) is 2. The normalized spacial score (nSPS) is 16.3. The Morgan fingerprint density at radius 2 is 1.36 bits per heavy atom. The fraction of sp³-hybridized carbons (Fsp3) is 0.456. The topological polar surface area (TPSA) is 208 Å². The molecule has 5 N–H and O–H groups in total. The molecule has 1 fully saturated rings. The third-order valence-electron chi connectivity index (χ3n) is 14.6. The van der Waals surface area contributed by atoms with Gasteiger partial charge in [-0.3, -0.25) is 15.0 Å². The molecule has 1 aliphatic heterocycles. The Hall–Kier alpha value is -8.19. The molecule has 18 nitrogen and oxygen atoms in total. The first-order valence-corrected chi connectivity index (χ1v) is 26.4. The lowest BCUT2D eigenvalue weighted by atomic mass is 9.82. The van der Waals surface area contributed by atoms with E-state index < -0.39 is 115 Å². The molecule has 4 amide bonds. The van der Waals surface area contributed by atoms with Crippen LogP contribution in [0.25, 0.3) is 11.1 Å². The Bertz CT molecular complexity index is 3130. The minimum absolute atomic E-state index is 0.176. The fourth-order valence-corrected chi connectivity index (χ4v) is 9.44. The summed E-state index contributed by atoms with van der Waals surface area (Å²) in [5, 5.41) is 22.0. The van der Waals surface area contributed by atoms with Crippen LogP contribution in [0, 0.1) is 46.1 Å². The predicted octanol–water partition coefficient (Wildman–Crippen LogP) is 8.56. The number of hydrogen-bond acceptors (Lipinski definition) is 13. The Morgan fingerprint density at radius 3 is 1.89 bits per heavy atom. The summed E-state index contributed by atoms with van der Waals surface area (Å²) in [5.74, 6) is 2.38. The van der Waals surface area contributed by atoms with E-state index >= 15 is 8.78 Å². The van der Waals surface area contributed by atoms with Crippen molar-refractivity contribution in [1.82, 2.24) is 46.1 Å². The van der Waals surface area contributed by atoms with E-state index in [2.05, 4.69) is 53.4 Å². The molecule has 0 saturated carbocycles. The lowest BCUT2D eigenvalue weighted by Crippen LogP contribution is -2.63. The minimum atomic E-state index is -5.23. The highest BCUT2D eigenvalue weighted by molar-refractivity contribution is 5.87. The number of piperidine rings is 1. The molecule has 1 saturated heterocycles. The monoisotopic (exact) mass is 1210 g/mol. The Labute approximate surface area is 483 Å². The van der Waals surface area contributed by atoms with E-state index in [9.17, 15) is 59.4 Å². The number of halogens is 10. The molecule has 85 heavy (non-hydrogen) atoms. The average molecular weight is 1210 g/mol. The number of aromatic nitrogens is 4. The second-order valence-electron chi connectivity index (χ2n) is 21.8. The van der Waals surface area contributed by atoms with Crippen LogP contribution in [0.4, 0.5) is 65.1 Å². The molecular formula is C57H65F10N11O7. The number of anilines is 2. The van der Waals surface area contributed by atoms with E-state index in [-0.39, 0.29) is 21.4 Å². The summed E-state index contributed by atoms with van der Waals surface area (Å²) in [4.78, 5) is 66.5. The van der Waals surface area contributed by atoms with Crippen molar-refractivity contribution < 1.29 is 77.7 Å². The number of alkyl halides is 8. The first-order valence-electron chi connectivity index (χ1n) is 26.4. The van der Waals surface area contributed by atoms with Crippen LogP contribution in [0.15, 0.2) is 91.5 Å². The van der Waals surface area contributed by atoms with Gasteiger partial charge in [0.15, 0.2) is 0 Å². The number of aliphatic hydroxyl groups is 1. The Balaban J connectivity index is 1.31. The van der Waals surface area contributed by atoms with Crippen molar-refractivity contribution in [3.05, 3.63) is 125 Å². The van der Waals surface area contributed by atoms with Gasteiger partial charge in [0, 0.05) is 80.6 Å². The summed E-state index contributed by atoms with van der Waals surface area (Å²) in [6.45, 7) is 1.43. The largest absolute Gasteiger partial charge is 0.453 e. The molecule has 6 atom stereocenters. The summed E-state index contributed by atoms with van der Waals surface area (Å²) in [6.07, 6.45) is -9.97. The quantitative estimate of drug-likeness (QED) is 0.0266. The second-order valence-corrected chi connectivity index (χ2v) is 21.8. The number of aliphatic hydroxyl groups excluding tert-OH is 1. The summed E-state index contributed by atoms with van der Waals surface area (Å²) in [5.41, 5.74) is -4.28. The maximum atomic E-state index is 16.1. The molecule has 3 aromatic heterocycles. The summed E-state index contributed by atoms with van der Waals surface area (Å²) >= 11 is 0. The zero-order chi connectivity index (χ0) is 62.8. The maximum Gasteiger partial charge on any atom is 0.407 e. The predicted molar refractivity (Wildman–Crippen MR) is 291 cm³/mol. The molecule has 0 radical (unpaired) electrons. The van der Waals surface area contributed by atoms with E-state index in [1.807, 2.05) is 48.1 Å². The first-order chi connectivity index (χ1) is 39.8. The number of nitrogens with one attached hydrogen (secondary N) is 4. The number of nitrogens with zero attached hydrogens (tertiary/aromatic N) is 7. The standard InChI is InChI=1S/C57H65F10N11O7/c1-33-21-37(28-75(6)45-11-9-10-20-68-45)29-76(27-33)46-19-18-36(25-69-46)17-14-34-12-15-35(16-13-34)22-43(71-49(80)47(72-52(82)84-7)54(2,3)56(62,63)64)44(79)32-77(74-50(81)48(73-53(83)85-8)55(4,5)57(65,66)67)31-40-41(58)23-38(24-42(40)59)39-26-70-78(30-39)51(60)61/h9-13,15-16,18-20,23-26,30,33,37,43-44,47-48,51,79H,21-22,27-29,31-32H2,1-8H3,(H,71,80)(H,72,82)(H,73,83)(H,74,81)/t33?,37?,43-,44-,47+,48+/m0/s1. The number of pyridine rings is 2. The number of amides is 4. The summed E-state index contributed by atoms with van der Waals surface area (Å²) < 4.78 is 155. The van der Waals surface area contributed by atoms with Gasteiger partial charge >= 0.3 is 31.1 Å². The van der Waals surface area contributed by atoms with Crippen LogP contribution < -0.4 is 31.2 Å². The van der Waals surface area contributed by atoms with Crippen LogP contribution >= 0.6 is 0 Å². The van der Waals surface area contributed by atoms with Crippen LogP contribution in [-0.2, 0) is 32.0 Å². The number of carbonyl (C=O) groups is 4. The van der Waals surface area contributed by atoms with Crippen LogP contribution in [0.5, 0.6) is 0 Å². The van der Waals surface area contributed by atoms with Gasteiger partial charge in [-0.1, -0.05) is 37.0 Å². The second kappa shape index (κ2) is 27.7. The maximum absolute atomic E-state index is 16.1. The molecule has 0 aliphatic carbocycles. The number of hydrazine groups is 1. The van der Waals surface area contributed by atoms with Crippen LogP contribution in [0.2, 0.25) is 0 Å². The van der Waals surface area contributed by atoms with E-state index in [1.54, 1.807) is 17.7 Å². The van der Waals surface area contributed by atoms with Crippen molar-refractivity contribution in [2.45, 2.75) is 97.1 Å². The van der Waals surface area contributed by atoms with Gasteiger partial charge < -0.3 is 40.3 Å². The van der Waals surface area contributed by atoms with E-state index in [1.165, 1.54) is 24.3 Å². The molecule has 4 heterocycles. The Morgan fingerprint density at radius 1 is 0.776 bits per heavy atom. The zero-order valence-electron chi connectivity index (χ0n) is 47.5. The number of ether oxygens (including phenoxy) is 2. The first kappa shape index (κ1) is 66.0. The van der Waals surface area contributed by atoms with Gasteiger partial charge in [0.25, 0.3) is 5.91 Å². The van der Waals surface area contributed by atoms with E-state index in [4.69, 9.17) is 4.98 Å². The average Bonchev–Trinajstić information content (AvgIpc) is 1.88. The van der Waals surface area contributed by atoms with Crippen molar-refractivity contribution in [2.24, 2.45) is 22.7 Å². The number of methoxy groups -OCH3 is 2. The van der Waals surface area contributed by atoms with Gasteiger partial charge in [0.1, 0.15) is 35.4 Å². The number of rotatable bonds is 21. The molecular weight excluding hydrogens is 1140 g/mol. The van der Waals surface area contributed by atoms with Crippen molar-refractivity contribution in [1.29, 1.82) is 0 Å². The number of benzene rings is 2. The fourth-order valence-electron chi connectivity index (χ4n) is 9.44. The van der Waals surface area contributed by atoms with Gasteiger partial charge in [0.2, 0.25) is 5.91 Å². The molecule has 460 valence electrons. The molecule has 6 rings (SSSR count). The smallest absolute Gasteiger partial charge is 0.407 e. The lowest BCUT2D eigenvalue weighted by molar-refractivity contribution is -0.221. The molecule has 0 spiro atoms. The Kier molecular flexibility index (Phi) is 21.5. The zero-order valence-corrected chi connectivity index (χ0v) is 47.5. The van der Waals surface area contributed by atoms with Crippen molar-refractivity contribution in [3.8, 4) is 23.0 Å². The highest BCUT2D eigenvalue weighted by Gasteiger charge is 2.57.